The van der Waals surface area contributed by atoms with Crippen molar-refractivity contribution in [2.45, 2.75) is 19.3 Å². The number of hydrogen-bond donors (Lipinski definition) is 0. The van der Waals surface area contributed by atoms with Crippen molar-refractivity contribution in [3.8, 4) is 55.6 Å². The minimum atomic E-state index is -0.165. The van der Waals surface area contributed by atoms with E-state index in [1.54, 1.807) is 0 Å². The first kappa shape index (κ1) is 40.1. The predicted octanol–water partition coefficient (Wildman–Crippen LogP) is 19.9. The third-order valence-corrected chi connectivity index (χ3v) is 16.2. The van der Waals surface area contributed by atoms with Gasteiger partial charge < -0.3 is 0 Å². The number of fused-ring (bicyclic) bond motifs is 17. The molecule has 0 N–H and O–H groups in total. The summed E-state index contributed by atoms with van der Waals surface area (Å²) in [5.74, 6) is 0. The van der Waals surface area contributed by atoms with Crippen molar-refractivity contribution in [1.29, 1.82) is 0 Å². The minimum Gasteiger partial charge on any atom is -0.0616 e. The van der Waals surface area contributed by atoms with E-state index in [2.05, 4.69) is 257 Å². The first-order valence-electron chi connectivity index (χ1n) is 25.0. The maximum Gasteiger partial charge on any atom is 0.0159 e. The fourth-order valence-electron chi connectivity index (χ4n) is 12.5. The van der Waals surface area contributed by atoms with Crippen molar-refractivity contribution in [2.24, 2.45) is 0 Å². The zero-order valence-electron chi connectivity index (χ0n) is 39.6. The first-order valence-corrected chi connectivity index (χ1v) is 25.0. The summed E-state index contributed by atoms with van der Waals surface area (Å²) in [6.45, 7) is 4.80. The van der Waals surface area contributed by atoms with Crippen LogP contribution in [0.15, 0.2) is 243 Å². The lowest BCUT2D eigenvalue weighted by molar-refractivity contribution is 0.661. The molecule has 0 bridgehead atoms. The van der Waals surface area contributed by atoms with E-state index in [4.69, 9.17) is 0 Å². The average Bonchev–Trinajstić information content (AvgIpc) is 3.66. The van der Waals surface area contributed by atoms with Gasteiger partial charge in [-0.1, -0.05) is 208 Å². The number of benzene rings is 14. The minimum absolute atomic E-state index is 0.165. The van der Waals surface area contributed by atoms with Crippen molar-refractivity contribution < 1.29 is 0 Å². The van der Waals surface area contributed by atoms with Gasteiger partial charge in [0.1, 0.15) is 0 Å². The van der Waals surface area contributed by atoms with Gasteiger partial charge in [0, 0.05) is 5.41 Å². The predicted molar refractivity (Wildman–Crippen MR) is 306 cm³/mol. The van der Waals surface area contributed by atoms with Crippen molar-refractivity contribution in [1.82, 2.24) is 0 Å². The van der Waals surface area contributed by atoms with Crippen LogP contribution in [0, 0.1) is 0 Å². The Morgan fingerprint density at radius 1 is 0.197 bits per heavy atom. The molecule has 1 aliphatic rings. The number of hydrogen-bond acceptors (Lipinski definition) is 0. The second kappa shape index (κ2) is 15.1. The summed E-state index contributed by atoms with van der Waals surface area (Å²) >= 11 is 0. The van der Waals surface area contributed by atoms with Gasteiger partial charge in [-0.15, -0.1) is 0 Å². The van der Waals surface area contributed by atoms with Crippen LogP contribution >= 0.6 is 0 Å². The highest BCUT2D eigenvalue weighted by Gasteiger charge is 2.36. The first-order chi connectivity index (χ1) is 34.9. The lowest BCUT2D eigenvalue weighted by Gasteiger charge is -2.23. The van der Waals surface area contributed by atoms with Crippen LogP contribution in [0.2, 0.25) is 0 Å². The van der Waals surface area contributed by atoms with E-state index in [-0.39, 0.29) is 5.41 Å². The highest BCUT2D eigenvalue weighted by atomic mass is 14.4. The van der Waals surface area contributed by atoms with Gasteiger partial charge in [-0.25, -0.2) is 0 Å². The van der Waals surface area contributed by atoms with Gasteiger partial charge >= 0.3 is 0 Å². The van der Waals surface area contributed by atoms with Crippen molar-refractivity contribution in [2.75, 3.05) is 0 Å². The molecule has 0 nitrogen and oxygen atoms in total. The van der Waals surface area contributed by atoms with Gasteiger partial charge in [-0.2, -0.15) is 0 Å². The smallest absolute Gasteiger partial charge is 0.0159 e. The van der Waals surface area contributed by atoms with Gasteiger partial charge in [0.2, 0.25) is 0 Å². The van der Waals surface area contributed by atoms with Crippen LogP contribution in [-0.2, 0) is 5.41 Å². The van der Waals surface area contributed by atoms with Crippen LogP contribution in [-0.4, -0.2) is 0 Å². The molecule has 330 valence electrons. The molecule has 0 aliphatic heterocycles. The second-order valence-electron chi connectivity index (χ2n) is 20.4. The lowest BCUT2D eigenvalue weighted by atomic mass is 9.80. The van der Waals surface area contributed by atoms with Gasteiger partial charge in [0.25, 0.3) is 0 Å². The summed E-state index contributed by atoms with van der Waals surface area (Å²) in [4.78, 5) is 0. The molecule has 15 rings (SSSR count). The Labute approximate surface area is 412 Å². The van der Waals surface area contributed by atoms with Gasteiger partial charge in [0.05, 0.1) is 0 Å². The maximum atomic E-state index is 2.45. The fourth-order valence-corrected chi connectivity index (χ4v) is 12.5. The van der Waals surface area contributed by atoms with Gasteiger partial charge in [-0.05, 0) is 201 Å². The summed E-state index contributed by atoms with van der Waals surface area (Å²) in [6, 6.07) is 91.3. The summed E-state index contributed by atoms with van der Waals surface area (Å²) in [7, 11) is 0. The molecule has 0 spiro atoms. The largest absolute Gasteiger partial charge is 0.0616 e. The van der Waals surface area contributed by atoms with E-state index in [9.17, 15) is 0 Å². The summed E-state index contributed by atoms with van der Waals surface area (Å²) < 4.78 is 0. The van der Waals surface area contributed by atoms with Crippen molar-refractivity contribution in [3.05, 3.63) is 254 Å². The molecule has 14 aromatic carbocycles. The Morgan fingerprint density at radius 2 is 0.437 bits per heavy atom. The summed E-state index contributed by atoms with van der Waals surface area (Å²) in [5, 5.41) is 20.6. The molecular weight excluding hydrogens is 853 g/mol. The molecule has 0 fully saturated rings. The van der Waals surface area contributed by atoms with E-state index in [0.29, 0.717) is 0 Å². The van der Waals surface area contributed by atoms with Gasteiger partial charge in [-0.3, -0.25) is 0 Å². The van der Waals surface area contributed by atoms with E-state index in [1.807, 2.05) is 0 Å². The molecule has 0 unspecified atom stereocenters. The maximum absolute atomic E-state index is 2.45. The zero-order valence-corrected chi connectivity index (χ0v) is 39.6. The Morgan fingerprint density at radius 3 is 0.761 bits per heavy atom. The van der Waals surface area contributed by atoms with Crippen LogP contribution < -0.4 is 0 Å². The van der Waals surface area contributed by atoms with E-state index >= 15 is 0 Å². The average molecular weight is 899 g/mol. The molecule has 14 aromatic rings. The van der Waals surface area contributed by atoms with Crippen LogP contribution in [0.1, 0.15) is 25.0 Å². The fraction of sp³-hybridized carbons (Fsp3) is 0.0423. The zero-order chi connectivity index (χ0) is 47.0. The standard InChI is InChI=1S/C71H46/c1-71(2)69-41-51(47-25-21-43-19-23-45(35-53(43)37-47)49-27-31-63-59-15-5-3-11-55(59)57-13-7-9-17-61(57)67(63)39-49)29-33-65(69)66-34-30-52(42-70(66)71)48-26-22-44-20-24-46(36-54(44)38-48)50-28-32-64-60-16-6-4-12-56(60)58-14-8-10-18-62(58)68(64)40-50/h3-42H,1-2H3. The van der Waals surface area contributed by atoms with Crippen LogP contribution in [0.25, 0.3) is 142 Å². The van der Waals surface area contributed by atoms with E-state index in [1.165, 1.54) is 153 Å². The third kappa shape index (κ3) is 6.11. The van der Waals surface area contributed by atoms with E-state index in [0.717, 1.165) is 0 Å². The normalized spacial score (nSPS) is 13.0. The molecule has 0 amide bonds. The summed E-state index contributed by atoms with van der Waals surface area (Å²) in [6.07, 6.45) is 0. The molecule has 0 radical (unpaired) electrons. The molecule has 0 saturated heterocycles. The topological polar surface area (TPSA) is 0 Å². The highest BCUT2D eigenvalue weighted by molar-refractivity contribution is 6.27. The Hall–Kier alpha value is -8.84. The molecular formula is C71H46. The molecule has 71 heavy (non-hydrogen) atoms. The molecule has 0 heteroatoms. The SMILES string of the molecule is CC1(C)c2cc(-c3ccc4ccc(-c5ccc6c7ccccc7c7ccccc7c6c5)cc4c3)ccc2-c2ccc(-c3ccc4ccc(-c5ccc6c7ccccc7c7ccccc7c6c5)cc4c3)cc21. The Kier molecular flexibility index (Phi) is 8.51. The molecule has 1 aliphatic carbocycles. The van der Waals surface area contributed by atoms with E-state index < -0.39 is 0 Å². The Balaban J connectivity index is 0.752. The highest BCUT2D eigenvalue weighted by Crippen LogP contribution is 2.51. The van der Waals surface area contributed by atoms with Gasteiger partial charge in [0.15, 0.2) is 0 Å². The number of rotatable bonds is 4. The van der Waals surface area contributed by atoms with Crippen LogP contribution in [0.4, 0.5) is 0 Å². The quantitative estimate of drug-likeness (QED) is 0.154. The molecule has 0 atom stereocenters. The third-order valence-electron chi connectivity index (χ3n) is 16.2. The van der Waals surface area contributed by atoms with Crippen molar-refractivity contribution in [3.63, 3.8) is 0 Å². The molecule has 0 saturated carbocycles. The summed E-state index contributed by atoms with van der Waals surface area (Å²) in [5.41, 5.74) is 15.2. The van der Waals surface area contributed by atoms with Crippen LogP contribution in [0.5, 0.6) is 0 Å². The molecule has 0 aromatic heterocycles. The Bertz CT molecular complexity index is 4240. The molecule has 0 heterocycles. The van der Waals surface area contributed by atoms with Crippen LogP contribution in [0.3, 0.4) is 0 Å². The second-order valence-corrected chi connectivity index (χ2v) is 20.4. The van der Waals surface area contributed by atoms with Crippen molar-refractivity contribution >= 4 is 86.2 Å². The monoisotopic (exact) mass is 898 g/mol. The lowest BCUT2D eigenvalue weighted by Crippen LogP contribution is -2.15.